The van der Waals surface area contributed by atoms with Crippen LogP contribution in [0, 0.1) is 0 Å². The Balaban J connectivity index is 0.000000494. The highest BCUT2D eigenvalue weighted by Crippen LogP contribution is 2.30. The van der Waals surface area contributed by atoms with E-state index in [-0.39, 0.29) is 5.92 Å². The SMILES string of the molecule is CC(C)c1cccc(C(F)(F)F)c1.O=S(=O)(Cl)Cl. The molecule has 0 aliphatic heterocycles. The Morgan fingerprint density at radius 3 is 1.94 bits per heavy atom. The van der Waals surface area contributed by atoms with Crippen LogP contribution in [-0.4, -0.2) is 8.42 Å². The summed E-state index contributed by atoms with van der Waals surface area (Å²) in [6.45, 7) is 3.74. The predicted octanol–water partition coefficient (Wildman–Crippen LogP) is 4.54. The minimum Gasteiger partial charge on any atom is -0.195 e. The number of hydrogen-bond donors (Lipinski definition) is 0. The zero-order valence-corrected chi connectivity index (χ0v) is 11.8. The quantitative estimate of drug-likeness (QED) is 0.711. The molecule has 0 saturated heterocycles. The molecule has 2 nitrogen and oxygen atoms in total. The third kappa shape index (κ3) is 8.60. The lowest BCUT2D eigenvalue weighted by molar-refractivity contribution is -0.137. The molecule has 1 rings (SSSR count). The molecule has 1 aromatic carbocycles. The van der Waals surface area contributed by atoms with E-state index in [2.05, 4.69) is 21.4 Å². The van der Waals surface area contributed by atoms with Gasteiger partial charge in [0.2, 0.25) is 0 Å². The fourth-order valence-electron chi connectivity index (χ4n) is 1.07. The number of hydrogen-bond acceptors (Lipinski definition) is 2. The minimum absolute atomic E-state index is 0.127. The lowest BCUT2D eigenvalue weighted by Crippen LogP contribution is -2.05. The summed E-state index contributed by atoms with van der Waals surface area (Å²) in [5, 5.41) is 0. The molecule has 0 radical (unpaired) electrons. The Kier molecular flexibility index (Phi) is 6.46. The average Bonchev–Trinajstić information content (AvgIpc) is 2.14. The summed E-state index contributed by atoms with van der Waals surface area (Å²) in [6, 6.07) is 5.44. The van der Waals surface area contributed by atoms with Crippen molar-refractivity contribution in [2.24, 2.45) is 0 Å². The summed E-state index contributed by atoms with van der Waals surface area (Å²) in [6.07, 6.45) is -4.23. The lowest BCUT2D eigenvalue weighted by Gasteiger charge is -2.10. The van der Waals surface area contributed by atoms with Crippen molar-refractivity contribution in [2.75, 3.05) is 0 Å². The van der Waals surface area contributed by atoms with Gasteiger partial charge in [0, 0.05) is 21.4 Å². The summed E-state index contributed by atoms with van der Waals surface area (Å²) in [7, 11) is 4.81. The Labute approximate surface area is 113 Å². The van der Waals surface area contributed by atoms with E-state index in [1.54, 1.807) is 6.07 Å². The van der Waals surface area contributed by atoms with Crippen molar-refractivity contribution in [3.8, 4) is 0 Å². The van der Waals surface area contributed by atoms with E-state index < -0.39 is 20.0 Å². The maximum Gasteiger partial charge on any atom is 0.416 e. The van der Waals surface area contributed by atoms with Crippen LogP contribution < -0.4 is 0 Å². The van der Waals surface area contributed by atoms with E-state index >= 15 is 0 Å². The Morgan fingerprint density at radius 2 is 1.61 bits per heavy atom. The molecule has 8 heteroatoms. The summed E-state index contributed by atoms with van der Waals surface area (Å²) >= 11 is 0. The van der Waals surface area contributed by atoms with Crippen molar-refractivity contribution in [2.45, 2.75) is 25.9 Å². The van der Waals surface area contributed by atoms with Gasteiger partial charge in [0.1, 0.15) is 0 Å². The maximum absolute atomic E-state index is 12.2. The van der Waals surface area contributed by atoms with Gasteiger partial charge in [0.05, 0.1) is 5.56 Å². The number of rotatable bonds is 1. The molecule has 0 aromatic heterocycles. The molecular formula is C10H11Cl2F3O2S. The highest BCUT2D eigenvalue weighted by molar-refractivity contribution is 8.31. The standard InChI is InChI=1S/C10H11F3.Cl2O2S/c1-7(2)8-4-3-5-9(6-8)10(11,12)13;1-5(2,3)4/h3-7H,1-2H3;. The number of benzene rings is 1. The largest absolute Gasteiger partial charge is 0.416 e. The van der Waals surface area contributed by atoms with E-state index in [1.165, 1.54) is 12.1 Å². The van der Waals surface area contributed by atoms with E-state index in [0.29, 0.717) is 0 Å². The van der Waals surface area contributed by atoms with Crippen LogP contribution in [-0.2, 0) is 14.4 Å². The van der Waals surface area contributed by atoms with E-state index in [4.69, 9.17) is 8.42 Å². The van der Waals surface area contributed by atoms with Crippen molar-refractivity contribution >= 4 is 29.6 Å². The molecule has 0 N–H and O–H groups in total. The second-order valence-electron chi connectivity index (χ2n) is 3.66. The van der Waals surface area contributed by atoms with Gasteiger partial charge >= 0.3 is 14.4 Å². The van der Waals surface area contributed by atoms with Crippen LogP contribution in [0.3, 0.4) is 0 Å². The molecule has 104 valence electrons. The van der Waals surface area contributed by atoms with Crippen molar-refractivity contribution in [1.29, 1.82) is 0 Å². The van der Waals surface area contributed by atoms with Crippen LogP contribution in [0.1, 0.15) is 30.9 Å². The average molecular weight is 323 g/mol. The highest BCUT2D eigenvalue weighted by Gasteiger charge is 2.30. The third-order valence-corrected chi connectivity index (χ3v) is 1.88. The van der Waals surface area contributed by atoms with Gasteiger partial charge in [0.25, 0.3) is 0 Å². The Bertz CT molecular complexity index is 476. The predicted molar refractivity (Wildman–Crippen MR) is 66.2 cm³/mol. The van der Waals surface area contributed by atoms with Crippen LogP contribution in [0.5, 0.6) is 0 Å². The Hall–Kier alpha value is -0.460. The van der Waals surface area contributed by atoms with Gasteiger partial charge in [-0.1, -0.05) is 32.0 Å². The highest BCUT2D eigenvalue weighted by atomic mass is 36.0. The first kappa shape index (κ1) is 17.5. The smallest absolute Gasteiger partial charge is 0.195 e. The summed E-state index contributed by atoms with van der Waals surface area (Å²) in [5.74, 6) is 0.127. The zero-order chi connectivity index (χ0) is 14.6. The summed E-state index contributed by atoms with van der Waals surface area (Å²) < 4.78 is 55.0. The molecule has 0 aliphatic carbocycles. The minimum atomic E-state index is -4.23. The molecule has 0 fully saturated rings. The van der Waals surface area contributed by atoms with Gasteiger partial charge in [-0.15, -0.1) is 0 Å². The van der Waals surface area contributed by atoms with Crippen LogP contribution in [0.15, 0.2) is 24.3 Å². The molecular weight excluding hydrogens is 312 g/mol. The Morgan fingerprint density at radius 1 is 1.17 bits per heavy atom. The molecule has 0 amide bonds. The normalized spacial score (nSPS) is 12.0. The van der Waals surface area contributed by atoms with Crippen LogP contribution in [0.2, 0.25) is 0 Å². The molecule has 0 atom stereocenters. The van der Waals surface area contributed by atoms with Crippen LogP contribution in [0.25, 0.3) is 0 Å². The van der Waals surface area contributed by atoms with Crippen molar-refractivity contribution in [3.63, 3.8) is 0 Å². The molecule has 0 spiro atoms. The summed E-state index contributed by atoms with van der Waals surface area (Å²) in [4.78, 5) is 0. The van der Waals surface area contributed by atoms with Crippen LogP contribution >= 0.6 is 21.4 Å². The number of alkyl halides is 3. The van der Waals surface area contributed by atoms with Gasteiger partial charge in [0.15, 0.2) is 0 Å². The van der Waals surface area contributed by atoms with Gasteiger partial charge in [-0.3, -0.25) is 0 Å². The van der Waals surface area contributed by atoms with E-state index in [1.807, 2.05) is 13.8 Å². The van der Waals surface area contributed by atoms with E-state index in [9.17, 15) is 13.2 Å². The molecule has 0 unspecified atom stereocenters. The van der Waals surface area contributed by atoms with Crippen molar-refractivity contribution in [1.82, 2.24) is 0 Å². The van der Waals surface area contributed by atoms with Gasteiger partial charge in [-0.2, -0.15) is 21.6 Å². The molecule has 0 saturated carbocycles. The third-order valence-electron chi connectivity index (χ3n) is 1.88. The van der Waals surface area contributed by atoms with Gasteiger partial charge in [-0.25, -0.2) is 0 Å². The van der Waals surface area contributed by atoms with Gasteiger partial charge < -0.3 is 0 Å². The topological polar surface area (TPSA) is 34.1 Å². The monoisotopic (exact) mass is 322 g/mol. The molecule has 18 heavy (non-hydrogen) atoms. The number of halogens is 5. The van der Waals surface area contributed by atoms with E-state index in [0.717, 1.165) is 11.6 Å². The lowest BCUT2D eigenvalue weighted by atomic mass is 10.0. The first-order valence-corrected chi connectivity index (χ1v) is 7.86. The second-order valence-corrected chi connectivity index (χ2v) is 7.32. The van der Waals surface area contributed by atoms with Crippen LogP contribution in [0.4, 0.5) is 13.2 Å². The first-order valence-electron chi connectivity index (χ1n) is 4.72. The molecule has 0 heterocycles. The zero-order valence-electron chi connectivity index (χ0n) is 9.50. The second kappa shape index (κ2) is 6.63. The van der Waals surface area contributed by atoms with Gasteiger partial charge in [-0.05, 0) is 17.5 Å². The maximum atomic E-state index is 12.2. The van der Waals surface area contributed by atoms with Crippen molar-refractivity contribution < 1.29 is 21.6 Å². The molecule has 0 bridgehead atoms. The fraction of sp³-hybridized carbons (Fsp3) is 0.400. The molecule has 1 aromatic rings. The fourth-order valence-corrected chi connectivity index (χ4v) is 1.07. The van der Waals surface area contributed by atoms with Crippen molar-refractivity contribution in [3.05, 3.63) is 35.4 Å². The first-order chi connectivity index (χ1) is 7.91. The summed E-state index contributed by atoms with van der Waals surface area (Å²) in [5.41, 5.74) is 0.147. The molecule has 0 aliphatic rings.